The third-order valence-electron chi connectivity index (χ3n) is 3.04. The zero-order valence-corrected chi connectivity index (χ0v) is 11.6. The second kappa shape index (κ2) is 4.53. The predicted molar refractivity (Wildman–Crippen MR) is 74.0 cm³/mol. The molecule has 0 aliphatic rings. The van der Waals surface area contributed by atoms with Crippen molar-refractivity contribution in [3.63, 3.8) is 0 Å². The number of aromatic nitrogens is 2. The van der Waals surface area contributed by atoms with E-state index >= 15 is 0 Å². The summed E-state index contributed by atoms with van der Waals surface area (Å²) in [6, 6.07) is 9.60. The number of aromatic carboxylic acids is 1. The van der Waals surface area contributed by atoms with Crippen LogP contribution in [-0.2, 0) is 5.41 Å². The average Bonchev–Trinajstić information content (AvgIpc) is 2.68. The number of hydrogen-bond acceptors (Lipinski definition) is 2. The number of nitrogens with zero attached hydrogens (tertiary/aromatic N) is 2. The van der Waals surface area contributed by atoms with Crippen LogP contribution < -0.4 is 0 Å². The monoisotopic (exact) mass is 258 g/mol. The van der Waals surface area contributed by atoms with Crippen molar-refractivity contribution in [2.24, 2.45) is 0 Å². The van der Waals surface area contributed by atoms with Crippen LogP contribution in [0.3, 0.4) is 0 Å². The maximum Gasteiger partial charge on any atom is 0.356 e. The minimum atomic E-state index is -0.988. The van der Waals surface area contributed by atoms with Crippen molar-refractivity contribution in [2.75, 3.05) is 0 Å². The van der Waals surface area contributed by atoms with Gasteiger partial charge in [0.05, 0.1) is 11.4 Å². The molecule has 0 radical (unpaired) electrons. The molecule has 2 rings (SSSR count). The molecule has 0 atom stereocenters. The van der Waals surface area contributed by atoms with E-state index in [9.17, 15) is 9.90 Å². The van der Waals surface area contributed by atoms with E-state index in [1.807, 2.05) is 37.3 Å². The molecule has 0 aliphatic carbocycles. The molecule has 2 aromatic rings. The standard InChI is InChI=1S/C15H18N2O2/c1-10-12(14(18)19)16-17(13(10)15(2,3)4)11-8-6-5-7-9-11/h5-9H,1-4H3,(H,18,19). The van der Waals surface area contributed by atoms with Gasteiger partial charge in [0.2, 0.25) is 0 Å². The number of carboxylic acid groups (broad SMARTS) is 1. The Kier molecular flexibility index (Phi) is 3.18. The number of rotatable bonds is 2. The highest BCUT2D eigenvalue weighted by Crippen LogP contribution is 2.29. The van der Waals surface area contributed by atoms with Gasteiger partial charge in [0.25, 0.3) is 0 Å². The summed E-state index contributed by atoms with van der Waals surface area (Å²) in [5, 5.41) is 13.5. The smallest absolute Gasteiger partial charge is 0.356 e. The van der Waals surface area contributed by atoms with Crippen molar-refractivity contribution in [3.8, 4) is 5.69 Å². The Morgan fingerprint density at radius 1 is 1.21 bits per heavy atom. The Bertz CT molecular complexity index is 607. The summed E-state index contributed by atoms with van der Waals surface area (Å²) in [5.41, 5.74) is 2.47. The highest BCUT2D eigenvalue weighted by molar-refractivity contribution is 5.87. The first kappa shape index (κ1) is 13.3. The zero-order valence-electron chi connectivity index (χ0n) is 11.6. The Morgan fingerprint density at radius 2 is 1.79 bits per heavy atom. The van der Waals surface area contributed by atoms with Crippen LogP contribution in [0, 0.1) is 6.92 Å². The average molecular weight is 258 g/mol. The van der Waals surface area contributed by atoms with Crippen LogP contribution in [0.1, 0.15) is 42.5 Å². The molecule has 1 aromatic carbocycles. The van der Waals surface area contributed by atoms with Gasteiger partial charge in [-0.15, -0.1) is 0 Å². The van der Waals surface area contributed by atoms with E-state index in [1.54, 1.807) is 4.68 Å². The van der Waals surface area contributed by atoms with Gasteiger partial charge in [-0.3, -0.25) is 0 Å². The lowest BCUT2D eigenvalue weighted by molar-refractivity contribution is 0.0689. The van der Waals surface area contributed by atoms with Crippen molar-refractivity contribution in [1.82, 2.24) is 9.78 Å². The van der Waals surface area contributed by atoms with E-state index in [1.165, 1.54) is 0 Å². The quantitative estimate of drug-likeness (QED) is 0.900. The topological polar surface area (TPSA) is 55.1 Å². The lowest BCUT2D eigenvalue weighted by atomic mass is 9.88. The largest absolute Gasteiger partial charge is 0.476 e. The minimum Gasteiger partial charge on any atom is -0.476 e. The lowest BCUT2D eigenvalue weighted by Gasteiger charge is -2.21. The molecule has 1 heterocycles. The van der Waals surface area contributed by atoms with E-state index in [2.05, 4.69) is 25.9 Å². The first-order chi connectivity index (χ1) is 8.82. The fourth-order valence-electron chi connectivity index (χ4n) is 2.34. The van der Waals surface area contributed by atoms with Crippen LogP contribution in [0.15, 0.2) is 30.3 Å². The molecule has 0 aliphatic heterocycles. The Balaban J connectivity index is 2.74. The minimum absolute atomic E-state index is 0.119. The van der Waals surface area contributed by atoms with E-state index in [0.29, 0.717) is 0 Å². The van der Waals surface area contributed by atoms with Gasteiger partial charge in [0, 0.05) is 11.0 Å². The molecule has 0 saturated heterocycles. The van der Waals surface area contributed by atoms with E-state index in [4.69, 9.17) is 0 Å². The first-order valence-corrected chi connectivity index (χ1v) is 6.21. The summed E-state index contributed by atoms with van der Waals surface area (Å²) in [6.45, 7) is 7.99. The van der Waals surface area contributed by atoms with Gasteiger partial charge in [-0.2, -0.15) is 5.10 Å². The van der Waals surface area contributed by atoms with Gasteiger partial charge in [-0.25, -0.2) is 9.48 Å². The van der Waals surface area contributed by atoms with Crippen LogP contribution in [0.5, 0.6) is 0 Å². The highest BCUT2D eigenvalue weighted by Gasteiger charge is 2.28. The van der Waals surface area contributed by atoms with Gasteiger partial charge in [0.15, 0.2) is 5.69 Å². The molecular formula is C15H18N2O2. The Labute approximate surface area is 112 Å². The SMILES string of the molecule is Cc1c(C(=O)O)nn(-c2ccccc2)c1C(C)(C)C. The Hall–Kier alpha value is -2.10. The third-order valence-corrected chi connectivity index (χ3v) is 3.04. The highest BCUT2D eigenvalue weighted by atomic mass is 16.4. The fourth-order valence-corrected chi connectivity index (χ4v) is 2.34. The van der Waals surface area contributed by atoms with Crippen molar-refractivity contribution >= 4 is 5.97 Å². The number of carbonyl (C=O) groups is 1. The summed E-state index contributed by atoms with van der Waals surface area (Å²) >= 11 is 0. The summed E-state index contributed by atoms with van der Waals surface area (Å²) in [6.07, 6.45) is 0. The second-order valence-electron chi connectivity index (χ2n) is 5.62. The summed E-state index contributed by atoms with van der Waals surface area (Å²) < 4.78 is 1.73. The van der Waals surface area contributed by atoms with Crippen LogP contribution in [0.25, 0.3) is 5.69 Å². The van der Waals surface area contributed by atoms with E-state index < -0.39 is 5.97 Å². The first-order valence-electron chi connectivity index (χ1n) is 6.21. The van der Waals surface area contributed by atoms with Gasteiger partial charge in [-0.1, -0.05) is 39.0 Å². The number of hydrogen-bond donors (Lipinski definition) is 1. The zero-order chi connectivity index (χ0) is 14.2. The van der Waals surface area contributed by atoms with E-state index in [0.717, 1.165) is 16.9 Å². The molecule has 1 N–H and O–H groups in total. The summed E-state index contributed by atoms with van der Waals surface area (Å²) in [5.74, 6) is -0.988. The molecule has 100 valence electrons. The van der Waals surface area contributed by atoms with Crippen molar-refractivity contribution in [3.05, 3.63) is 47.3 Å². The van der Waals surface area contributed by atoms with Crippen LogP contribution in [0.4, 0.5) is 0 Å². The van der Waals surface area contributed by atoms with Crippen LogP contribution >= 0.6 is 0 Å². The number of benzene rings is 1. The second-order valence-corrected chi connectivity index (χ2v) is 5.62. The molecule has 0 spiro atoms. The Morgan fingerprint density at radius 3 is 2.26 bits per heavy atom. The van der Waals surface area contributed by atoms with Gasteiger partial charge < -0.3 is 5.11 Å². The molecule has 0 amide bonds. The molecule has 4 heteroatoms. The maximum absolute atomic E-state index is 11.3. The van der Waals surface area contributed by atoms with Crippen LogP contribution in [0.2, 0.25) is 0 Å². The molecule has 1 aromatic heterocycles. The van der Waals surface area contributed by atoms with Gasteiger partial charge in [-0.05, 0) is 19.1 Å². The molecule has 19 heavy (non-hydrogen) atoms. The number of carboxylic acids is 1. The maximum atomic E-state index is 11.3. The molecule has 0 fully saturated rings. The third kappa shape index (κ3) is 2.38. The van der Waals surface area contributed by atoms with Gasteiger partial charge >= 0.3 is 5.97 Å². The molecule has 0 bridgehead atoms. The molecular weight excluding hydrogens is 240 g/mol. The molecule has 4 nitrogen and oxygen atoms in total. The molecule has 0 unspecified atom stereocenters. The lowest BCUT2D eigenvalue weighted by Crippen LogP contribution is -2.18. The normalized spacial score (nSPS) is 11.6. The van der Waals surface area contributed by atoms with Crippen molar-refractivity contribution in [1.29, 1.82) is 0 Å². The number of para-hydroxylation sites is 1. The van der Waals surface area contributed by atoms with Gasteiger partial charge in [0.1, 0.15) is 0 Å². The molecule has 0 saturated carbocycles. The predicted octanol–water partition coefficient (Wildman–Crippen LogP) is 3.18. The van der Waals surface area contributed by atoms with Crippen molar-refractivity contribution < 1.29 is 9.90 Å². The van der Waals surface area contributed by atoms with E-state index in [-0.39, 0.29) is 11.1 Å². The fraction of sp³-hybridized carbons (Fsp3) is 0.333. The summed E-state index contributed by atoms with van der Waals surface area (Å²) in [7, 11) is 0. The van der Waals surface area contributed by atoms with Crippen molar-refractivity contribution in [2.45, 2.75) is 33.1 Å². The van der Waals surface area contributed by atoms with Crippen LogP contribution in [-0.4, -0.2) is 20.9 Å². The summed E-state index contributed by atoms with van der Waals surface area (Å²) in [4.78, 5) is 11.3.